The minimum absolute atomic E-state index is 0.805. The van der Waals surface area contributed by atoms with Gasteiger partial charge < -0.3 is 4.57 Å². The Morgan fingerprint density at radius 2 is 1.50 bits per heavy atom. The first-order chi connectivity index (χ1) is 14.4. The standard InChI is InChI=1S/C26H26N4/c1-16-13-17(2)23(18(3)14-16)24-20(5)28-30-25(24)27-19(4)22-11-12-29(26(22)30)15-21-9-7-6-8-10-21/h6-14H,15H2,1-5H3. The third-order valence-electron chi connectivity index (χ3n) is 5.96. The fourth-order valence-corrected chi connectivity index (χ4v) is 4.74. The van der Waals surface area contributed by atoms with E-state index in [0.717, 1.165) is 40.2 Å². The SMILES string of the molecule is Cc1cc(C)c(-c2c(C)nn3c2nc(C)c2ccn(Cc4ccccc4)c23)c(C)c1. The highest BCUT2D eigenvalue weighted by Gasteiger charge is 2.21. The van der Waals surface area contributed by atoms with Gasteiger partial charge in [0.2, 0.25) is 0 Å². The molecule has 4 nitrogen and oxygen atoms in total. The number of benzene rings is 2. The lowest BCUT2D eigenvalue weighted by Crippen LogP contribution is -2.04. The molecule has 0 N–H and O–H groups in total. The molecule has 30 heavy (non-hydrogen) atoms. The summed E-state index contributed by atoms with van der Waals surface area (Å²) in [4.78, 5) is 5.01. The summed E-state index contributed by atoms with van der Waals surface area (Å²) in [5, 5.41) is 6.11. The van der Waals surface area contributed by atoms with E-state index in [1.165, 1.54) is 27.8 Å². The van der Waals surface area contributed by atoms with Gasteiger partial charge in [-0.2, -0.15) is 9.61 Å². The quantitative estimate of drug-likeness (QED) is 0.379. The molecule has 5 aromatic rings. The Morgan fingerprint density at radius 3 is 2.20 bits per heavy atom. The topological polar surface area (TPSA) is 35.1 Å². The van der Waals surface area contributed by atoms with Gasteiger partial charge in [-0.15, -0.1) is 0 Å². The number of hydrogen-bond donors (Lipinski definition) is 0. The fraction of sp³-hybridized carbons (Fsp3) is 0.231. The van der Waals surface area contributed by atoms with Crippen molar-refractivity contribution in [2.24, 2.45) is 0 Å². The summed E-state index contributed by atoms with van der Waals surface area (Å²) in [6, 6.07) is 17.2. The van der Waals surface area contributed by atoms with Crippen LogP contribution in [0.4, 0.5) is 0 Å². The maximum absolute atomic E-state index is 5.01. The van der Waals surface area contributed by atoms with Crippen molar-refractivity contribution in [1.29, 1.82) is 0 Å². The molecule has 3 heterocycles. The zero-order chi connectivity index (χ0) is 21.0. The van der Waals surface area contributed by atoms with Crippen molar-refractivity contribution in [2.45, 2.75) is 41.2 Å². The summed E-state index contributed by atoms with van der Waals surface area (Å²) in [7, 11) is 0. The van der Waals surface area contributed by atoms with E-state index in [2.05, 4.69) is 93.9 Å². The summed E-state index contributed by atoms with van der Waals surface area (Å²) in [5.74, 6) is 0. The van der Waals surface area contributed by atoms with Crippen LogP contribution in [-0.4, -0.2) is 19.2 Å². The molecule has 0 radical (unpaired) electrons. The van der Waals surface area contributed by atoms with Gasteiger partial charge in [-0.25, -0.2) is 4.98 Å². The van der Waals surface area contributed by atoms with Crippen LogP contribution in [0.1, 0.15) is 33.6 Å². The van der Waals surface area contributed by atoms with Gasteiger partial charge in [-0.1, -0.05) is 48.0 Å². The maximum Gasteiger partial charge on any atom is 0.165 e. The van der Waals surface area contributed by atoms with Crippen LogP contribution in [0, 0.1) is 34.6 Å². The minimum atomic E-state index is 0.805. The van der Waals surface area contributed by atoms with Gasteiger partial charge in [0.1, 0.15) is 5.65 Å². The molecule has 0 saturated heterocycles. The second kappa shape index (κ2) is 6.84. The molecule has 0 amide bonds. The molecular weight excluding hydrogens is 368 g/mol. The van der Waals surface area contributed by atoms with Crippen LogP contribution in [0.3, 0.4) is 0 Å². The van der Waals surface area contributed by atoms with Gasteiger partial charge in [-0.05, 0) is 62.9 Å². The largest absolute Gasteiger partial charge is 0.328 e. The molecule has 3 aromatic heterocycles. The molecule has 0 fully saturated rings. The Morgan fingerprint density at radius 1 is 0.800 bits per heavy atom. The van der Waals surface area contributed by atoms with E-state index < -0.39 is 0 Å². The van der Waals surface area contributed by atoms with Gasteiger partial charge in [0, 0.05) is 18.1 Å². The number of aryl methyl sites for hydroxylation is 5. The average Bonchev–Trinajstić information content (AvgIpc) is 3.24. The zero-order valence-corrected chi connectivity index (χ0v) is 18.2. The molecule has 0 aliphatic heterocycles. The molecule has 150 valence electrons. The molecule has 4 heteroatoms. The lowest BCUT2D eigenvalue weighted by Gasteiger charge is -2.12. The van der Waals surface area contributed by atoms with Crippen LogP contribution < -0.4 is 0 Å². The molecule has 2 aromatic carbocycles. The Balaban J connectivity index is 1.81. The van der Waals surface area contributed by atoms with Crippen molar-refractivity contribution in [3.05, 3.63) is 88.4 Å². The normalized spacial score (nSPS) is 11.6. The Hall–Kier alpha value is -3.40. The first-order valence-electron chi connectivity index (χ1n) is 10.4. The first kappa shape index (κ1) is 18.6. The molecule has 0 spiro atoms. The maximum atomic E-state index is 5.01. The minimum Gasteiger partial charge on any atom is -0.328 e. The lowest BCUT2D eigenvalue weighted by atomic mass is 9.94. The van der Waals surface area contributed by atoms with Crippen LogP contribution in [0.5, 0.6) is 0 Å². The predicted molar refractivity (Wildman–Crippen MR) is 123 cm³/mol. The van der Waals surface area contributed by atoms with E-state index in [0.29, 0.717) is 0 Å². The highest BCUT2D eigenvalue weighted by Crippen LogP contribution is 2.35. The van der Waals surface area contributed by atoms with Crippen molar-refractivity contribution in [3.8, 4) is 11.1 Å². The van der Waals surface area contributed by atoms with Crippen molar-refractivity contribution >= 4 is 16.7 Å². The molecular formula is C26H26N4. The Labute approximate surface area is 176 Å². The van der Waals surface area contributed by atoms with Crippen molar-refractivity contribution in [1.82, 2.24) is 19.2 Å². The van der Waals surface area contributed by atoms with Gasteiger partial charge in [0.25, 0.3) is 0 Å². The van der Waals surface area contributed by atoms with E-state index in [4.69, 9.17) is 10.1 Å². The molecule has 0 atom stereocenters. The van der Waals surface area contributed by atoms with E-state index >= 15 is 0 Å². The molecule has 0 aliphatic carbocycles. The molecule has 5 rings (SSSR count). The summed E-state index contributed by atoms with van der Waals surface area (Å²) in [5.41, 5.74) is 11.6. The summed E-state index contributed by atoms with van der Waals surface area (Å²) < 4.78 is 4.31. The van der Waals surface area contributed by atoms with E-state index in [1.807, 2.05) is 4.52 Å². The van der Waals surface area contributed by atoms with Crippen LogP contribution in [0.2, 0.25) is 0 Å². The van der Waals surface area contributed by atoms with E-state index in [9.17, 15) is 0 Å². The second-order valence-corrected chi connectivity index (χ2v) is 8.33. The van der Waals surface area contributed by atoms with E-state index in [-0.39, 0.29) is 0 Å². The average molecular weight is 395 g/mol. The van der Waals surface area contributed by atoms with E-state index in [1.54, 1.807) is 0 Å². The number of hydrogen-bond acceptors (Lipinski definition) is 2. The summed E-state index contributed by atoms with van der Waals surface area (Å²) in [6.07, 6.45) is 2.14. The third-order valence-corrected chi connectivity index (χ3v) is 5.96. The highest BCUT2D eigenvalue weighted by molar-refractivity contribution is 5.89. The van der Waals surface area contributed by atoms with Crippen molar-refractivity contribution in [2.75, 3.05) is 0 Å². The number of rotatable bonds is 3. The number of fused-ring (bicyclic) bond motifs is 3. The van der Waals surface area contributed by atoms with Crippen molar-refractivity contribution < 1.29 is 0 Å². The smallest absolute Gasteiger partial charge is 0.165 e. The Kier molecular flexibility index (Phi) is 4.24. The van der Waals surface area contributed by atoms with Crippen LogP contribution in [-0.2, 0) is 6.54 Å². The van der Waals surface area contributed by atoms with Gasteiger partial charge in [-0.3, -0.25) is 0 Å². The number of aromatic nitrogens is 4. The molecule has 0 saturated carbocycles. The number of nitrogens with zero attached hydrogens (tertiary/aromatic N) is 4. The van der Waals surface area contributed by atoms with Crippen LogP contribution in [0.25, 0.3) is 27.8 Å². The first-order valence-corrected chi connectivity index (χ1v) is 10.4. The Bertz CT molecular complexity index is 1380. The summed E-state index contributed by atoms with van der Waals surface area (Å²) in [6.45, 7) is 11.5. The lowest BCUT2D eigenvalue weighted by molar-refractivity contribution is 0.795. The van der Waals surface area contributed by atoms with Crippen molar-refractivity contribution in [3.63, 3.8) is 0 Å². The van der Waals surface area contributed by atoms with Gasteiger partial charge >= 0.3 is 0 Å². The van der Waals surface area contributed by atoms with Crippen LogP contribution in [0.15, 0.2) is 54.7 Å². The predicted octanol–water partition coefficient (Wildman–Crippen LogP) is 5.94. The molecule has 0 bridgehead atoms. The fourth-order valence-electron chi connectivity index (χ4n) is 4.74. The molecule has 0 aliphatic rings. The zero-order valence-electron chi connectivity index (χ0n) is 18.2. The van der Waals surface area contributed by atoms with Crippen LogP contribution >= 0.6 is 0 Å². The third kappa shape index (κ3) is 2.83. The second-order valence-electron chi connectivity index (χ2n) is 8.33. The summed E-state index contributed by atoms with van der Waals surface area (Å²) >= 11 is 0. The monoisotopic (exact) mass is 394 g/mol. The highest BCUT2D eigenvalue weighted by atomic mass is 15.3. The molecule has 0 unspecified atom stereocenters. The van der Waals surface area contributed by atoms with Gasteiger partial charge in [0.15, 0.2) is 5.65 Å². The van der Waals surface area contributed by atoms with Gasteiger partial charge in [0.05, 0.1) is 17.0 Å².